The molecule has 0 bridgehead atoms. The van der Waals surface area contributed by atoms with Crippen molar-refractivity contribution < 1.29 is 18.6 Å². The Morgan fingerprint density at radius 2 is 1.92 bits per heavy atom. The van der Waals surface area contributed by atoms with E-state index in [4.69, 9.17) is 20.4 Å². The summed E-state index contributed by atoms with van der Waals surface area (Å²) in [6, 6.07) is 16.8. The van der Waals surface area contributed by atoms with Crippen LogP contribution in [0.15, 0.2) is 69.5 Å². The number of halogens is 1. The summed E-state index contributed by atoms with van der Waals surface area (Å²) in [5.41, 5.74) is 3.78. The quantitative estimate of drug-likeness (QED) is 0.187. The lowest BCUT2D eigenvalue weighted by molar-refractivity contribution is -0.384. The third kappa shape index (κ3) is 5.18. The van der Waals surface area contributed by atoms with E-state index in [1.54, 1.807) is 36.4 Å². The highest BCUT2D eigenvalue weighted by molar-refractivity contribution is 6.34. The van der Waals surface area contributed by atoms with Gasteiger partial charge in [-0.1, -0.05) is 23.7 Å². The average molecular weight is 519 g/mol. The van der Waals surface area contributed by atoms with Gasteiger partial charge in [-0.25, -0.2) is 4.98 Å². The lowest BCUT2D eigenvalue weighted by atomic mass is 10.1. The Balaban J connectivity index is 1.29. The van der Waals surface area contributed by atoms with E-state index in [1.165, 1.54) is 12.1 Å². The van der Waals surface area contributed by atoms with Gasteiger partial charge in [0.15, 0.2) is 5.58 Å². The van der Waals surface area contributed by atoms with Crippen LogP contribution < -0.4 is 5.32 Å². The lowest BCUT2D eigenvalue weighted by Gasteiger charge is -2.14. The number of fused-ring (bicyclic) bond motifs is 2. The molecule has 0 radical (unpaired) electrons. The van der Waals surface area contributed by atoms with Crippen LogP contribution in [0.5, 0.6) is 0 Å². The van der Waals surface area contributed by atoms with E-state index < -0.39 is 4.92 Å². The number of nitrogens with one attached hydrogen (secondary N) is 1. The molecule has 0 fully saturated rings. The van der Waals surface area contributed by atoms with Crippen LogP contribution in [0.3, 0.4) is 0 Å². The molecule has 0 aliphatic carbocycles. The van der Waals surface area contributed by atoms with Crippen LogP contribution in [0, 0.1) is 17.0 Å². The number of hydrogen-bond donors (Lipinski definition) is 1. The number of hydrogen-bond acceptors (Lipinski definition) is 7. The fourth-order valence-corrected chi connectivity index (χ4v) is 4.48. The summed E-state index contributed by atoms with van der Waals surface area (Å²) in [6.07, 6.45) is 0.697. The van der Waals surface area contributed by atoms with E-state index >= 15 is 0 Å². The van der Waals surface area contributed by atoms with Crippen LogP contribution in [0.2, 0.25) is 5.02 Å². The van der Waals surface area contributed by atoms with Crippen molar-refractivity contribution in [2.75, 3.05) is 18.9 Å². The molecular weight excluding hydrogens is 496 g/mol. The number of carbonyl (C=O) groups excluding carboxylic acids is 1. The van der Waals surface area contributed by atoms with E-state index in [2.05, 4.69) is 15.2 Å². The molecule has 0 unspecified atom stereocenters. The van der Waals surface area contributed by atoms with Gasteiger partial charge in [-0.15, -0.1) is 0 Å². The SMILES string of the molecule is Cc1oc2ccc(NC(=O)c3ccccc3Cl)cc2c1CCN(C)Cc1nc2ccc([N+](=O)[O-])cc2o1. The Morgan fingerprint density at radius 3 is 2.70 bits per heavy atom. The molecule has 5 aromatic rings. The van der Waals surface area contributed by atoms with Crippen LogP contribution >= 0.6 is 11.6 Å². The zero-order valence-electron chi connectivity index (χ0n) is 20.2. The summed E-state index contributed by atoms with van der Waals surface area (Å²) < 4.78 is 11.7. The van der Waals surface area contributed by atoms with E-state index in [0.717, 1.165) is 22.3 Å². The summed E-state index contributed by atoms with van der Waals surface area (Å²) in [4.78, 5) is 29.7. The number of rotatable bonds is 8. The third-order valence-electron chi connectivity index (χ3n) is 6.14. The number of nitro benzene ring substituents is 1. The molecule has 0 aliphatic heterocycles. The number of nitro groups is 1. The van der Waals surface area contributed by atoms with Crippen LogP contribution in [0.4, 0.5) is 11.4 Å². The van der Waals surface area contributed by atoms with Gasteiger partial charge in [0.05, 0.1) is 28.1 Å². The first-order valence-electron chi connectivity index (χ1n) is 11.6. The second-order valence-electron chi connectivity index (χ2n) is 8.79. The Bertz CT molecular complexity index is 1640. The molecule has 3 aromatic carbocycles. The van der Waals surface area contributed by atoms with Gasteiger partial charge in [0.1, 0.15) is 16.9 Å². The van der Waals surface area contributed by atoms with Gasteiger partial charge >= 0.3 is 0 Å². The van der Waals surface area contributed by atoms with E-state index in [1.807, 2.05) is 26.1 Å². The zero-order chi connectivity index (χ0) is 26.1. The minimum atomic E-state index is -0.459. The Morgan fingerprint density at radius 1 is 1.11 bits per heavy atom. The first kappa shape index (κ1) is 24.5. The van der Waals surface area contributed by atoms with E-state index in [0.29, 0.717) is 52.8 Å². The second-order valence-corrected chi connectivity index (χ2v) is 9.19. The first-order valence-corrected chi connectivity index (χ1v) is 12.0. The van der Waals surface area contributed by atoms with E-state index in [9.17, 15) is 14.9 Å². The number of aromatic nitrogens is 1. The Kier molecular flexibility index (Phi) is 6.64. The van der Waals surface area contributed by atoms with Crippen LogP contribution in [0.25, 0.3) is 22.1 Å². The van der Waals surface area contributed by atoms with Gasteiger partial charge in [-0.3, -0.25) is 19.8 Å². The number of furan rings is 1. The number of likely N-dealkylation sites (N-methyl/N-ethyl adjacent to an activating group) is 1. The summed E-state index contributed by atoms with van der Waals surface area (Å²) in [5.74, 6) is 1.01. The monoisotopic (exact) mass is 518 g/mol. The van der Waals surface area contributed by atoms with Gasteiger partial charge in [0.2, 0.25) is 5.89 Å². The van der Waals surface area contributed by atoms with Gasteiger partial charge < -0.3 is 14.2 Å². The molecule has 1 amide bonds. The van der Waals surface area contributed by atoms with Crippen molar-refractivity contribution >= 4 is 51.0 Å². The van der Waals surface area contributed by atoms with Crippen LogP contribution in [-0.2, 0) is 13.0 Å². The molecule has 0 atom stereocenters. The topological polar surface area (TPSA) is 115 Å². The van der Waals surface area contributed by atoms with E-state index in [-0.39, 0.29) is 11.6 Å². The normalized spacial score (nSPS) is 11.5. The van der Waals surface area contributed by atoms with Gasteiger partial charge in [-0.05, 0) is 56.8 Å². The maximum Gasteiger partial charge on any atom is 0.273 e. The van der Waals surface area contributed by atoms with Crippen molar-refractivity contribution in [3.63, 3.8) is 0 Å². The van der Waals surface area contributed by atoms with Crippen molar-refractivity contribution in [1.82, 2.24) is 9.88 Å². The number of oxazole rings is 1. The number of non-ortho nitro benzene ring substituents is 1. The van der Waals surface area contributed by atoms with Crippen molar-refractivity contribution in [3.8, 4) is 0 Å². The molecular formula is C27H23ClN4O5. The number of nitrogens with zero attached hydrogens (tertiary/aromatic N) is 3. The van der Waals surface area contributed by atoms with Gasteiger partial charge in [0.25, 0.3) is 11.6 Å². The highest BCUT2D eigenvalue weighted by Crippen LogP contribution is 2.29. The van der Waals surface area contributed by atoms with Crippen molar-refractivity contribution in [2.45, 2.75) is 19.9 Å². The maximum atomic E-state index is 12.7. The average Bonchev–Trinajstić information content (AvgIpc) is 3.41. The fourth-order valence-electron chi connectivity index (χ4n) is 4.26. The standard InChI is InChI=1S/C27H23ClN4O5/c1-16-19(11-12-31(2)15-26-30-23-9-8-18(32(34)35)14-25(23)37-26)21-13-17(7-10-24(21)36-16)29-27(33)20-5-3-4-6-22(20)28/h3-10,13-14H,11-12,15H2,1-2H3,(H,29,33). The fraction of sp³-hybridized carbons (Fsp3) is 0.185. The molecule has 0 spiro atoms. The predicted molar refractivity (Wildman–Crippen MR) is 141 cm³/mol. The smallest absolute Gasteiger partial charge is 0.273 e. The minimum Gasteiger partial charge on any atom is -0.461 e. The maximum absolute atomic E-state index is 12.7. The molecule has 5 rings (SSSR count). The summed E-state index contributed by atoms with van der Waals surface area (Å²) in [7, 11) is 1.95. The third-order valence-corrected chi connectivity index (χ3v) is 6.47. The highest BCUT2D eigenvalue weighted by Gasteiger charge is 2.16. The van der Waals surface area contributed by atoms with Gasteiger partial charge in [0, 0.05) is 29.2 Å². The van der Waals surface area contributed by atoms with Crippen molar-refractivity contribution in [1.29, 1.82) is 0 Å². The molecule has 2 aromatic heterocycles. The number of benzene rings is 3. The number of aryl methyl sites for hydroxylation is 1. The largest absolute Gasteiger partial charge is 0.461 e. The molecule has 10 heteroatoms. The molecule has 1 N–H and O–H groups in total. The molecule has 9 nitrogen and oxygen atoms in total. The summed E-state index contributed by atoms with van der Waals surface area (Å²) in [5, 5.41) is 15.2. The molecule has 2 heterocycles. The molecule has 0 saturated heterocycles. The summed E-state index contributed by atoms with van der Waals surface area (Å²) >= 11 is 6.16. The lowest BCUT2D eigenvalue weighted by Crippen LogP contribution is -2.21. The number of anilines is 1. The Labute approximate surface area is 216 Å². The number of carbonyl (C=O) groups is 1. The minimum absolute atomic E-state index is 0.0340. The zero-order valence-corrected chi connectivity index (χ0v) is 20.9. The molecule has 0 aliphatic rings. The summed E-state index contributed by atoms with van der Waals surface area (Å²) in [6.45, 7) is 3.05. The highest BCUT2D eigenvalue weighted by atomic mass is 35.5. The second kappa shape index (κ2) is 10.0. The molecule has 188 valence electrons. The predicted octanol–water partition coefficient (Wildman–Crippen LogP) is 6.37. The van der Waals surface area contributed by atoms with Gasteiger partial charge in [-0.2, -0.15) is 0 Å². The van der Waals surface area contributed by atoms with Crippen molar-refractivity contribution in [2.24, 2.45) is 0 Å². The van der Waals surface area contributed by atoms with Crippen LogP contribution in [-0.4, -0.2) is 34.3 Å². The molecule has 0 saturated carbocycles. The molecule has 37 heavy (non-hydrogen) atoms. The van der Waals surface area contributed by atoms with Crippen molar-refractivity contribution in [3.05, 3.63) is 98.6 Å². The van der Waals surface area contributed by atoms with Crippen LogP contribution in [0.1, 0.15) is 27.6 Å². The first-order chi connectivity index (χ1) is 17.8. The number of amides is 1. The Hall–Kier alpha value is -4.21.